The molecule has 1 aromatic heterocycles. The Morgan fingerprint density at radius 3 is 2.36 bits per heavy atom. The van der Waals surface area contributed by atoms with Crippen LogP contribution in [0.2, 0.25) is 0 Å². The second-order valence-corrected chi connectivity index (χ2v) is 11.2. The van der Waals surface area contributed by atoms with E-state index >= 15 is 0 Å². The van der Waals surface area contributed by atoms with E-state index in [9.17, 15) is 13.2 Å². The van der Waals surface area contributed by atoms with Gasteiger partial charge in [0.25, 0.3) is 5.56 Å². The van der Waals surface area contributed by atoms with Gasteiger partial charge in [0, 0.05) is 25.7 Å². The molecule has 2 aliphatic rings. The van der Waals surface area contributed by atoms with Crippen molar-refractivity contribution in [1.82, 2.24) is 18.8 Å². The molecule has 180 valence electrons. The minimum Gasteiger partial charge on any atom is -0.486 e. The molecular formula is C24H34N4O4S. The number of piperidine rings is 1. The highest BCUT2D eigenvalue weighted by molar-refractivity contribution is 7.88. The van der Waals surface area contributed by atoms with Crippen molar-refractivity contribution in [2.45, 2.75) is 51.7 Å². The first-order chi connectivity index (χ1) is 15.8. The quantitative estimate of drug-likeness (QED) is 0.581. The van der Waals surface area contributed by atoms with Crippen LogP contribution in [0.1, 0.15) is 36.7 Å². The van der Waals surface area contributed by atoms with Gasteiger partial charge >= 0.3 is 0 Å². The Morgan fingerprint density at radius 2 is 1.79 bits per heavy atom. The number of aromatic nitrogens is 2. The van der Waals surface area contributed by atoms with Crippen LogP contribution < -0.4 is 10.3 Å². The highest BCUT2D eigenvalue weighted by atomic mass is 32.2. The molecule has 1 aliphatic heterocycles. The number of nitrogens with zero attached hydrogens (tertiary/aromatic N) is 4. The molecule has 0 spiro atoms. The zero-order valence-electron chi connectivity index (χ0n) is 19.7. The molecule has 0 bridgehead atoms. The first-order valence-corrected chi connectivity index (χ1v) is 13.5. The maximum atomic E-state index is 13.1. The number of sulfonamides is 1. The molecule has 4 rings (SSSR count). The van der Waals surface area contributed by atoms with Crippen LogP contribution in [0.15, 0.2) is 35.3 Å². The molecule has 0 radical (unpaired) electrons. The summed E-state index contributed by atoms with van der Waals surface area (Å²) in [5, 5.41) is 0. The number of fused-ring (bicyclic) bond motifs is 1. The Kier molecular flexibility index (Phi) is 7.21. The maximum absolute atomic E-state index is 13.1. The summed E-state index contributed by atoms with van der Waals surface area (Å²) in [7, 11) is -1.05. The predicted molar refractivity (Wildman–Crippen MR) is 128 cm³/mol. The molecule has 1 aromatic carbocycles. The van der Waals surface area contributed by atoms with Gasteiger partial charge in [0.15, 0.2) is 0 Å². The Morgan fingerprint density at radius 1 is 1.15 bits per heavy atom. The first-order valence-electron chi connectivity index (χ1n) is 11.7. The lowest BCUT2D eigenvalue weighted by molar-refractivity contribution is 0.182. The average molecular weight is 475 g/mol. The fraction of sp³-hybridized carbons (Fsp3) is 0.583. The van der Waals surface area contributed by atoms with Crippen LogP contribution in [0.25, 0.3) is 0 Å². The summed E-state index contributed by atoms with van der Waals surface area (Å²) in [6.07, 6.45) is 6.29. The molecule has 1 aliphatic carbocycles. The normalized spacial score (nSPS) is 18.1. The summed E-state index contributed by atoms with van der Waals surface area (Å²) in [5.41, 5.74) is 2.65. The second kappa shape index (κ2) is 9.95. The second-order valence-electron chi connectivity index (χ2n) is 9.25. The monoisotopic (exact) mass is 474 g/mol. The van der Waals surface area contributed by atoms with Crippen molar-refractivity contribution < 1.29 is 13.2 Å². The Balaban J connectivity index is 1.37. The van der Waals surface area contributed by atoms with Gasteiger partial charge in [-0.15, -0.1) is 0 Å². The average Bonchev–Trinajstić information content (AvgIpc) is 3.23. The number of hydrogen-bond donors (Lipinski definition) is 0. The Hall–Kier alpha value is -2.23. The van der Waals surface area contributed by atoms with Gasteiger partial charge < -0.3 is 4.74 Å². The van der Waals surface area contributed by atoms with Gasteiger partial charge in [0.1, 0.15) is 5.82 Å². The van der Waals surface area contributed by atoms with E-state index < -0.39 is 10.0 Å². The Labute approximate surface area is 196 Å². The Bertz CT molecular complexity index is 1110. The molecule has 0 saturated carbocycles. The van der Waals surface area contributed by atoms with Gasteiger partial charge in [-0.2, -0.15) is 0 Å². The lowest BCUT2D eigenvalue weighted by Gasteiger charge is -2.30. The van der Waals surface area contributed by atoms with E-state index in [2.05, 4.69) is 41.2 Å². The van der Waals surface area contributed by atoms with E-state index in [1.165, 1.54) is 21.7 Å². The molecule has 0 amide bonds. The molecule has 2 aromatic rings. The third-order valence-corrected chi connectivity index (χ3v) is 8.28. The lowest BCUT2D eigenvalue weighted by atomic mass is 9.99. The minimum absolute atomic E-state index is 0.154. The zero-order chi connectivity index (χ0) is 23.6. The van der Waals surface area contributed by atoms with Crippen LogP contribution in [-0.4, -0.2) is 66.2 Å². The van der Waals surface area contributed by atoms with Crippen molar-refractivity contribution in [1.29, 1.82) is 0 Å². The van der Waals surface area contributed by atoms with Crippen molar-refractivity contribution in [2.24, 2.45) is 5.92 Å². The minimum atomic E-state index is -3.14. The van der Waals surface area contributed by atoms with E-state index in [-0.39, 0.29) is 17.2 Å². The fourth-order valence-electron chi connectivity index (χ4n) is 4.87. The number of rotatable bonds is 8. The highest BCUT2D eigenvalue weighted by Gasteiger charge is 2.27. The molecular weight excluding hydrogens is 440 g/mol. The van der Waals surface area contributed by atoms with Crippen LogP contribution in [0, 0.1) is 5.92 Å². The van der Waals surface area contributed by atoms with Crippen molar-refractivity contribution >= 4 is 10.0 Å². The molecule has 1 fully saturated rings. The van der Waals surface area contributed by atoms with E-state index in [0.29, 0.717) is 38.8 Å². The molecule has 0 unspecified atom stereocenters. The molecule has 9 heteroatoms. The van der Waals surface area contributed by atoms with Gasteiger partial charge in [-0.3, -0.25) is 14.3 Å². The molecule has 33 heavy (non-hydrogen) atoms. The summed E-state index contributed by atoms with van der Waals surface area (Å²) < 4.78 is 32.4. The molecule has 8 nitrogen and oxygen atoms in total. The topological polar surface area (TPSA) is 84.7 Å². The van der Waals surface area contributed by atoms with Crippen LogP contribution in [0.5, 0.6) is 5.75 Å². The number of benzene rings is 1. The van der Waals surface area contributed by atoms with E-state index in [1.54, 1.807) is 10.8 Å². The van der Waals surface area contributed by atoms with Crippen molar-refractivity contribution in [3.8, 4) is 5.75 Å². The first kappa shape index (κ1) is 23.9. The van der Waals surface area contributed by atoms with Gasteiger partial charge in [0.2, 0.25) is 15.8 Å². The zero-order valence-corrected chi connectivity index (χ0v) is 20.6. The molecule has 2 heterocycles. The van der Waals surface area contributed by atoms with Gasteiger partial charge in [0.05, 0.1) is 25.6 Å². The fourth-order valence-corrected chi connectivity index (χ4v) is 5.75. The largest absolute Gasteiger partial charge is 0.486 e. The van der Waals surface area contributed by atoms with E-state index in [4.69, 9.17) is 4.74 Å². The SMILES string of the molecule is CCn1c(CN(C)C2Cc3ccccc3C2)ncc(OCC2CCN(S(C)(=O)=O)CC2)c1=O. The summed E-state index contributed by atoms with van der Waals surface area (Å²) in [4.78, 5) is 19.9. The number of hydrogen-bond acceptors (Lipinski definition) is 6. The molecule has 1 saturated heterocycles. The van der Waals surface area contributed by atoms with Gasteiger partial charge in [-0.25, -0.2) is 17.7 Å². The van der Waals surface area contributed by atoms with Gasteiger partial charge in [-0.05, 0) is 56.7 Å². The smallest absolute Gasteiger partial charge is 0.295 e. The molecule has 0 atom stereocenters. The maximum Gasteiger partial charge on any atom is 0.295 e. The van der Waals surface area contributed by atoms with E-state index in [0.717, 1.165) is 31.5 Å². The lowest BCUT2D eigenvalue weighted by Crippen LogP contribution is -2.39. The summed E-state index contributed by atoms with van der Waals surface area (Å²) in [6, 6.07) is 8.97. The van der Waals surface area contributed by atoms with Crippen LogP contribution >= 0.6 is 0 Å². The van der Waals surface area contributed by atoms with Crippen LogP contribution in [-0.2, 0) is 36.0 Å². The van der Waals surface area contributed by atoms with Crippen LogP contribution in [0.4, 0.5) is 0 Å². The summed E-state index contributed by atoms with van der Waals surface area (Å²) >= 11 is 0. The van der Waals surface area contributed by atoms with Crippen molar-refractivity contribution in [3.05, 3.63) is 57.8 Å². The standard InChI is InChI=1S/C24H34N4O4S/c1-4-28-23(16-26(2)21-13-19-7-5-6-8-20(19)14-21)25-15-22(24(28)29)32-17-18-9-11-27(12-10-18)33(3,30)31/h5-8,15,18,21H,4,9-14,16-17H2,1-3H3. The highest BCUT2D eigenvalue weighted by Crippen LogP contribution is 2.25. The van der Waals surface area contributed by atoms with E-state index in [1.807, 2.05) is 6.92 Å². The third kappa shape index (κ3) is 5.47. The number of ether oxygens (including phenoxy) is 1. The summed E-state index contributed by atoms with van der Waals surface area (Å²) in [6.45, 7) is 4.48. The van der Waals surface area contributed by atoms with Crippen molar-refractivity contribution in [3.63, 3.8) is 0 Å². The van der Waals surface area contributed by atoms with Crippen LogP contribution in [0.3, 0.4) is 0 Å². The molecule has 0 N–H and O–H groups in total. The van der Waals surface area contributed by atoms with Crippen molar-refractivity contribution in [2.75, 3.05) is 33.0 Å². The predicted octanol–water partition coefficient (Wildman–Crippen LogP) is 1.91. The third-order valence-electron chi connectivity index (χ3n) is 6.98. The number of likely N-dealkylation sites (N-methyl/N-ethyl adjacent to an activating group) is 1. The van der Waals surface area contributed by atoms with Gasteiger partial charge in [-0.1, -0.05) is 24.3 Å². The summed E-state index contributed by atoms with van der Waals surface area (Å²) in [5.74, 6) is 1.24.